The highest BCUT2D eigenvalue weighted by Gasteiger charge is 2.18. The first-order chi connectivity index (χ1) is 12.6. The lowest BCUT2D eigenvalue weighted by Crippen LogP contribution is -2.29. The summed E-state index contributed by atoms with van der Waals surface area (Å²) >= 11 is 0. The van der Waals surface area contributed by atoms with Crippen molar-refractivity contribution in [3.8, 4) is 0 Å². The van der Waals surface area contributed by atoms with Crippen molar-refractivity contribution in [1.29, 1.82) is 0 Å². The third-order valence-electron chi connectivity index (χ3n) is 3.86. The van der Waals surface area contributed by atoms with Gasteiger partial charge in [0.2, 0.25) is 10.0 Å². The van der Waals surface area contributed by atoms with Gasteiger partial charge in [0.25, 0.3) is 11.6 Å². The maximum Gasteiger partial charge on any atom is 0.274 e. The predicted octanol–water partition coefficient (Wildman–Crippen LogP) is 3.11. The quantitative estimate of drug-likeness (QED) is 0.444. The van der Waals surface area contributed by atoms with Gasteiger partial charge in [0.05, 0.1) is 34.7 Å². The number of benzene rings is 2. The second-order valence-electron chi connectivity index (χ2n) is 5.79. The molecule has 2 aromatic rings. The summed E-state index contributed by atoms with van der Waals surface area (Å²) in [6, 6.07) is 10.4. The number of carbonyl (C=O) groups is 1. The van der Waals surface area contributed by atoms with E-state index >= 15 is 0 Å². The van der Waals surface area contributed by atoms with Crippen LogP contribution in [0.5, 0.6) is 0 Å². The van der Waals surface area contributed by atoms with E-state index in [-0.39, 0.29) is 17.8 Å². The summed E-state index contributed by atoms with van der Waals surface area (Å²) in [5.41, 5.74) is 1.29. The molecule has 2 rings (SSSR count). The largest absolute Gasteiger partial charge is 0.321 e. The normalized spacial score (nSPS) is 10.9. The molecule has 0 bridgehead atoms. The van der Waals surface area contributed by atoms with Gasteiger partial charge >= 0.3 is 0 Å². The second-order valence-corrected chi connectivity index (χ2v) is 7.70. The van der Waals surface area contributed by atoms with Crippen molar-refractivity contribution in [3.05, 3.63) is 76.4 Å². The number of rotatable bonds is 7. The monoisotopic (exact) mass is 389 g/mol. The van der Waals surface area contributed by atoms with Gasteiger partial charge in [-0.05, 0) is 37.3 Å². The molecule has 0 aliphatic carbocycles. The predicted molar refractivity (Wildman–Crippen MR) is 105 cm³/mol. The SMILES string of the molecule is C=CCN(c1ccc(C(=O)Nc2cccc([N+](=O)[O-])c2C)cc1)S(C)(=O)=O. The molecule has 0 saturated heterocycles. The van der Waals surface area contributed by atoms with Gasteiger partial charge in [-0.25, -0.2) is 8.42 Å². The highest BCUT2D eigenvalue weighted by molar-refractivity contribution is 7.92. The van der Waals surface area contributed by atoms with Gasteiger partial charge in [0.15, 0.2) is 0 Å². The Hall–Kier alpha value is -3.20. The number of nitrogens with one attached hydrogen (secondary N) is 1. The van der Waals surface area contributed by atoms with Crippen molar-refractivity contribution in [3.63, 3.8) is 0 Å². The first-order valence-corrected chi connectivity index (χ1v) is 9.74. The molecule has 142 valence electrons. The first-order valence-electron chi connectivity index (χ1n) is 7.89. The van der Waals surface area contributed by atoms with Crippen LogP contribution in [0.25, 0.3) is 0 Å². The molecule has 0 aliphatic rings. The molecule has 0 spiro atoms. The molecule has 0 aliphatic heterocycles. The van der Waals surface area contributed by atoms with Crippen LogP contribution in [0, 0.1) is 17.0 Å². The molecule has 9 heteroatoms. The molecule has 0 saturated carbocycles. The Morgan fingerprint density at radius 2 is 1.89 bits per heavy atom. The average molecular weight is 389 g/mol. The Morgan fingerprint density at radius 1 is 1.26 bits per heavy atom. The fourth-order valence-electron chi connectivity index (χ4n) is 2.48. The zero-order valence-corrected chi connectivity index (χ0v) is 15.7. The van der Waals surface area contributed by atoms with Crippen LogP contribution in [0.1, 0.15) is 15.9 Å². The van der Waals surface area contributed by atoms with Crippen LogP contribution in [0.2, 0.25) is 0 Å². The van der Waals surface area contributed by atoms with Crippen LogP contribution in [-0.4, -0.2) is 32.0 Å². The number of hydrogen-bond donors (Lipinski definition) is 1. The summed E-state index contributed by atoms with van der Waals surface area (Å²) in [7, 11) is -3.48. The van der Waals surface area contributed by atoms with Crippen LogP contribution in [0.4, 0.5) is 17.1 Å². The first kappa shape index (κ1) is 20.1. The molecule has 8 nitrogen and oxygen atoms in total. The van der Waals surface area contributed by atoms with Crippen molar-refractivity contribution in [2.24, 2.45) is 0 Å². The Kier molecular flexibility index (Phi) is 5.96. The topological polar surface area (TPSA) is 110 Å². The lowest BCUT2D eigenvalue weighted by molar-refractivity contribution is -0.385. The molecule has 1 amide bonds. The van der Waals surface area contributed by atoms with Gasteiger partial charge in [-0.3, -0.25) is 19.2 Å². The highest BCUT2D eigenvalue weighted by Crippen LogP contribution is 2.26. The molecule has 27 heavy (non-hydrogen) atoms. The summed E-state index contributed by atoms with van der Waals surface area (Å²) < 4.78 is 24.9. The highest BCUT2D eigenvalue weighted by atomic mass is 32.2. The molecule has 0 radical (unpaired) electrons. The minimum absolute atomic E-state index is 0.0867. The number of sulfonamides is 1. The van der Waals surface area contributed by atoms with E-state index in [0.29, 0.717) is 16.9 Å². The summed E-state index contributed by atoms with van der Waals surface area (Å²) in [6.45, 7) is 5.20. The average Bonchev–Trinajstić information content (AvgIpc) is 2.60. The molecule has 0 unspecified atom stereocenters. The smallest absolute Gasteiger partial charge is 0.274 e. The van der Waals surface area contributed by atoms with E-state index in [9.17, 15) is 23.3 Å². The lowest BCUT2D eigenvalue weighted by atomic mass is 10.1. The van der Waals surface area contributed by atoms with Crippen molar-refractivity contribution >= 4 is 33.0 Å². The van der Waals surface area contributed by atoms with E-state index in [1.807, 2.05) is 0 Å². The fourth-order valence-corrected chi connectivity index (χ4v) is 3.36. The van der Waals surface area contributed by atoms with E-state index in [2.05, 4.69) is 11.9 Å². The zero-order chi connectivity index (χ0) is 20.2. The Morgan fingerprint density at radius 3 is 2.41 bits per heavy atom. The molecule has 0 fully saturated rings. The molecule has 0 heterocycles. The Bertz CT molecular complexity index is 985. The van der Waals surface area contributed by atoms with Gasteiger partial charge in [0, 0.05) is 11.6 Å². The van der Waals surface area contributed by atoms with Gasteiger partial charge < -0.3 is 5.32 Å². The molecule has 0 atom stereocenters. The fraction of sp³-hybridized carbons (Fsp3) is 0.167. The van der Waals surface area contributed by atoms with E-state index in [1.165, 1.54) is 42.5 Å². The van der Waals surface area contributed by atoms with Gasteiger partial charge in [-0.2, -0.15) is 0 Å². The summed E-state index contributed by atoms with van der Waals surface area (Å²) in [5.74, 6) is -0.459. The van der Waals surface area contributed by atoms with Crippen molar-refractivity contribution in [2.45, 2.75) is 6.92 Å². The Labute approximate surface area is 157 Å². The van der Waals surface area contributed by atoms with Crippen LogP contribution in [0.15, 0.2) is 55.1 Å². The van der Waals surface area contributed by atoms with E-state index in [4.69, 9.17) is 0 Å². The molecule has 1 N–H and O–H groups in total. The van der Waals surface area contributed by atoms with Crippen molar-refractivity contribution in [2.75, 3.05) is 22.4 Å². The summed E-state index contributed by atoms with van der Waals surface area (Å²) in [6.07, 6.45) is 2.55. The summed E-state index contributed by atoms with van der Waals surface area (Å²) in [5, 5.41) is 13.6. The van der Waals surface area contributed by atoms with Crippen LogP contribution in [0.3, 0.4) is 0 Å². The minimum Gasteiger partial charge on any atom is -0.321 e. The number of anilines is 2. The van der Waals surface area contributed by atoms with E-state index < -0.39 is 20.9 Å². The van der Waals surface area contributed by atoms with E-state index in [0.717, 1.165) is 10.6 Å². The molecular formula is C18H19N3O5S. The number of nitro groups is 1. The van der Waals surface area contributed by atoms with Crippen LogP contribution < -0.4 is 9.62 Å². The van der Waals surface area contributed by atoms with E-state index in [1.54, 1.807) is 13.0 Å². The maximum absolute atomic E-state index is 12.4. The van der Waals surface area contributed by atoms with Crippen molar-refractivity contribution in [1.82, 2.24) is 0 Å². The molecule has 2 aromatic carbocycles. The van der Waals surface area contributed by atoms with Crippen LogP contribution >= 0.6 is 0 Å². The molecule has 0 aromatic heterocycles. The van der Waals surface area contributed by atoms with Crippen LogP contribution in [-0.2, 0) is 10.0 Å². The standard InChI is InChI=1S/C18H19N3O5S/c1-4-12-20(27(3,25)26)15-10-8-14(9-11-15)18(22)19-16-6-5-7-17(13(16)2)21(23)24/h4-11H,1,12H2,2-3H3,(H,19,22). The van der Waals surface area contributed by atoms with Gasteiger partial charge in [-0.1, -0.05) is 12.1 Å². The van der Waals surface area contributed by atoms with Gasteiger partial charge in [0.1, 0.15) is 0 Å². The number of hydrogen-bond acceptors (Lipinski definition) is 5. The second kappa shape index (κ2) is 8.00. The van der Waals surface area contributed by atoms with Crippen molar-refractivity contribution < 1.29 is 18.1 Å². The molecular weight excluding hydrogens is 370 g/mol. The zero-order valence-electron chi connectivity index (χ0n) is 14.9. The summed E-state index contributed by atoms with van der Waals surface area (Å²) in [4.78, 5) is 22.9. The minimum atomic E-state index is -3.48. The third-order valence-corrected chi connectivity index (χ3v) is 5.02. The number of nitrogens with zero attached hydrogens (tertiary/aromatic N) is 2. The Balaban J connectivity index is 2.25. The number of carbonyl (C=O) groups excluding carboxylic acids is 1. The number of nitro benzene ring substituents is 1. The lowest BCUT2D eigenvalue weighted by Gasteiger charge is -2.20. The third kappa shape index (κ3) is 4.70. The van der Waals surface area contributed by atoms with Gasteiger partial charge in [-0.15, -0.1) is 6.58 Å². The maximum atomic E-state index is 12.4. The number of amides is 1.